The van der Waals surface area contributed by atoms with Crippen molar-refractivity contribution in [3.05, 3.63) is 57.5 Å². The Bertz CT molecular complexity index is 862. The van der Waals surface area contributed by atoms with Crippen LogP contribution in [0, 0.1) is 0 Å². The summed E-state index contributed by atoms with van der Waals surface area (Å²) in [5.74, 6) is 0.238. The average molecular weight is 301 g/mol. The van der Waals surface area contributed by atoms with Gasteiger partial charge in [0.05, 0.1) is 6.26 Å². The van der Waals surface area contributed by atoms with Gasteiger partial charge in [0.1, 0.15) is 10.6 Å². The molecule has 0 aliphatic heterocycles. The van der Waals surface area contributed by atoms with Crippen LogP contribution in [0.3, 0.4) is 0 Å². The Labute approximate surface area is 123 Å². The van der Waals surface area contributed by atoms with Gasteiger partial charge in [-0.15, -0.1) is 0 Å². The molecule has 0 saturated heterocycles. The molecule has 0 fully saturated rings. The number of aromatic nitrogens is 2. The van der Waals surface area contributed by atoms with E-state index in [-0.39, 0.29) is 16.5 Å². The number of furan rings is 1. The number of nitrogens with two attached hydrogens (primary N) is 1. The van der Waals surface area contributed by atoms with E-state index in [9.17, 15) is 9.59 Å². The molecule has 21 heavy (non-hydrogen) atoms. The Balaban J connectivity index is 2.10. The number of nitrogen functional groups attached to an aromatic ring is 1. The molecular formula is C14H11N3O3S. The van der Waals surface area contributed by atoms with Crippen molar-refractivity contribution in [3.8, 4) is 11.5 Å². The first-order valence-electron chi connectivity index (χ1n) is 6.08. The summed E-state index contributed by atoms with van der Waals surface area (Å²) in [6.07, 6.45) is 3.00. The average Bonchev–Trinajstić information content (AvgIpc) is 3.09. The molecule has 0 unspecified atom stereocenters. The molecule has 0 spiro atoms. The van der Waals surface area contributed by atoms with Crippen molar-refractivity contribution in [3.63, 3.8) is 0 Å². The molecule has 0 saturated carbocycles. The quantitative estimate of drug-likeness (QED) is 0.746. The van der Waals surface area contributed by atoms with Crippen LogP contribution in [0.15, 0.2) is 45.9 Å². The zero-order valence-corrected chi connectivity index (χ0v) is 11.9. The summed E-state index contributed by atoms with van der Waals surface area (Å²) in [6.45, 7) is 0. The molecule has 7 heteroatoms. The van der Waals surface area contributed by atoms with Crippen LogP contribution in [0.5, 0.6) is 0 Å². The summed E-state index contributed by atoms with van der Waals surface area (Å²) >= 11 is 1.10. The van der Waals surface area contributed by atoms with E-state index in [4.69, 9.17) is 10.2 Å². The number of carbonyl (C=O) groups excluding carboxylic acids is 1. The third kappa shape index (κ3) is 2.38. The van der Waals surface area contributed by atoms with Gasteiger partial charge in [-0.25, -0.2) is 4.98 Å². The molecule has 0 aliphatic carbocycles. The number of rotatable bonds is 3. The van der Waals surface area contributed by atoms with Crippen LogP contribution in [0.2, 0.25) is 0 Å². The van der Waals surface area contributed by atoms with E-state index in [1.165, 1.54) is 29.2 Å². The number of anilines is 1. The predicted molar refractivity (Wildman–Crippen MR) is 79.3 cm³/mol. The first-order valence-corrected chi connectivity index (χ1v) is 6.89. The van der Waals surface area contributed by atoms with E-state index < -0.39 is 0 Å². The summed E-state index contributed by atoms with van der Waals surface area (Å²) < 4.78 is 6.63. The largest absolute Gasteiger partial charge is 0.463 e. The van der Waals surface area contributed by atoms with Gasteiger partial charge in [-0.1, -0.05) is 11.3 Å². The van der Waals surface area contributed by atoms with Crippen molar-refractivity contribution in [2.24, 2.45) is 7.05 Å². The number of aryl methyl sites for hydroxylation is 1. The van der Waals surface area contributed by atoms with Gasteiger partial charge in [0, 0.05) is 24.9 Å². The van der Waals surface area contributed by atoms with E-state index in [2.05, 4.69) is 4.98 Å². The lowest BCUT2D eigenvalue weighted by molar-refractivity contribution is 0.104. The molecule has 0 aliphatic rings. The third-order valence-electron chi connectivity index (χ3n) is 2.95. The second kappa shape index (κ2) is 5.02. The second-order valence-corrected chi connectivity index (χ2v) is 5.43. The third-order valence-corrected chi connectivity index (χ3v) is 3.84. The minimum atomic E-state index is -0.244. The van der Waals surface area contributed by atoms with E-state index in [1.807, 2.05) is 0 Å². The lowest BCUT2D eigenvalue weighted by Gasteiger charge is -2.02. The van der Waals surface area contributed by atoms with Crippen molar-refractivity contribution in [1.82, 2.24) is 9.55 Å². The first-order chi connectivity index (χ1) is 10.1. The number of nitrogens with zero attached hydrogens (tertiary/aromatic N) is 2. The number of hydrogen-bond donors (Lipinski definition) is 1. The molecule has 0 aromatic carbocycles. The standard InChI is InChI=1S/C14H11N3O3S/c1-17-7-8(4-5-10(17)18)12(19)13-11(16-14(15)21-13)9-3-2-6-20-9/h2-7H,1H3,(H2,15,16). The monoisotopic (exact) mass is 301 g/mol. The minimum absolute atomic E-state index is 0.179. The van der Waals surface area contributed by atoms with Crippen molar-refractivity contribution >= 4 is 22.3 Å². The highest BCUT2D eigenvalue weighted by Crippen LogP contribution is 2.31. The van der Waals surface area contributed by atoms with Gasteiger partial charge in [-0.05, 0) is 18.2 Å². The zero-order chi connectivity index (χ0) is 15.0. The summed E-state index contributed by atoms with van der Waals surface area (Å²) in [5, 5.41) is 0.287. The Morgan fingerprint density at radius 2 is 2.19 bits per heavy atom. The predicted octanol–water partition coefficient (Wildman–Crippen LogP) is 1.92. The van der Waals surface area contributed by atoms with Crippen LogP contribution >= 0.6 is 11.3 Å². The highest BCUT2D eigenvalue weighted by Gasteiger charge is 2.21. The molecule has 0 amide bonds. The van der Waals surface area contributed by atoms with Gasteiger partial charge in [0.2, 0.25) is 11.3 Å². The Kier molecular flexibility index (Phi) is 3.19. The second-order valence-electron chi connectivity index (χ2n) is 4.40. The van der Waals surface area contributed by atoms with Crippen molar-refractivity contribution in [2.75, 3.05) is 5.73 Å². The summed E-state index contributed by atoms with van der Waals surface area (Å²) in [6, 6.07) is 6.27. The van der Waals surface area contributed by atoms with E-state index in [0.29, 0.717) is 21.9 Å². The molecule has 3 aromatic heterocycles. The highest BCUT2D eigenvalue weighted by molar-refractivity contribution is 7.18. The molecule has 0 atom stereocenters. The van der Waals surface area contributed by atoms with Crippen molar-refractivity contribution in [2.45, 2.75) is 0 Å². The van der Waals surface area contributed by atoms with Gasteiger partial charge >= 0.3 is 0 Å². The van der Waals surface area contributed by atoms with Crippen LogP contribution in [0.4, 0.5) is 5.13 Å². The lowest BCUT2D eigenvalue weighted by Crippen LogP contribution is -2.16. The molecule has 2 N–H and O–H groups in total. The topological polar surface area (TPSA) is 91.1 Å². The fourth-order valence-corrected chi connectivity index (χ4v) is 2.73. The molecule has 0 bridgehead atoms. The van der Waals surface area contributed by atoms with Crippen molar-refractivity contribution < 1.29 is 9.21 Å². The molecular weight excluding hydrogens is 290 g/mol. The zero-order valence-electron chi connectivity index (χ0n) is 11.1. The van der Waals surface area contributed by atoms with Gasteiger partial charge in [0.25, 0.3) is 0 Å². The van der Waals surface area contributed by atoms with Gasteiger partial charge < -0.3 is 14.7 Å². The molecule has 106 valence electrons. The maximum absolute atomic E-state index is 12.6. The number of thiazole rings is 1. The van der Waals surface area contributed by atoms with Crippen LogP contribution in [0.1, 0.15) is 15.2 Å². The molecule has 6 nitrogen and oxygen atoms in total. The number of carbonyl (C=O) groups is 1. The maximum Gasteiger partial charge on any atom is 0.250 e. The molecule has 3 rings (SSSR count). The van der Waals surface area contributed by atoms with Crippen LogP contribution in [-0.2, 0) is 7.05 Å². The number of ketones is 1. The smallest absolute Gasteiger partial charge is 0.250 e. The highest BCUT2D eigenvalue weighted by atomic mass is 32.1. The van der Waals surface area contributed by atoms with Crippen LogP contribution in [0.25, 0.3) is 11.5 Å². The molecule has 3 aromatic rings. The van der Waals surface area contributed by atoms with Gasteiger partial charge in [0.15, 0.2) is 10.9 Å². The van der Waals surface area contributed by atoms with E-state index >= 15 is 0 Å². The fraction of sp³-hybridized carbons (Fsp3) is 0.0714. The van der Waals surface area contributed by atoms with Crippen LogP contribution < -0.4 is 11.3 Å². The first kappa shape index (κ1) is 13.3. The molecule has 3 heterocycles. The summed E-state index contributed by atoms with van der Waals surface area (Å²) in [4.78, 5) is 28.5. The van der Waals surface area contributed by atoms with E-state index in [1.54, 1.807) is 19.2 Å². The minimum Gasteiger partial charge on any atom is -0.463 e. The fourth-order valence-electron chi connectivity index (χ4n) is 1.93. The Morgan fingerprint density at radius 1 is 1.38 bits per heavy atom. The summed E-state index contributed by atoms with van der Waals surface area (Å²) in [7, 11) is 1.59. The number of pyridine rings is 1. The van der Waals surface area contributed by atoms with Crippen molar-refractivity contribution in [1.29, 1.82) is 0 Å². The van der Waals surface area contributed by atoms with Gasteiger partial charge in [-0.2, -0.15) is 0 Å². The summed E-state index contributed by atoms with van der Waals surface area (Å²) in [5.41, 5.74) is 6.35. The Hall–Kier alpha value is -2.67. The Morgan fingerprint density at radius 3 is 2.86 bits per heavy atom. The van der Waals surface area contributed by atoms with Gasteiger partial charge in [-0.3, -0.25) is 9.59 Å². The lowest BCUT2D eigenvalue weighted by atomic mass is 10.1. The van der Waals surface area contributed by atoms with E-state index in [0.717, 1.165) is 11.3 Å². The molecule has 0 radical (unpaired) electrons. The normalized spacial score (nSPS) is 10.7. The SMILES string of the molecule is Cn1cc(C(=O)c2sc(N)nc2-c2ccco2)ccc1=O. The van der Waals surface area contributed by atoms with Crippen LogP contribution in [-0.4, -0.2) is 15.3 Å². The number of hydrogen-bond acceptors (Lipinski definition) is 6. The maximum atomic E-state index is 12.6.